The number of allylic oxidation sites excluding steroid dienone is 2. The van der Waals surface area contributed by atoms with Crippen LogP contribution >= 0.6 is 0 Å². The van der Waals surface area contributed by atoms with E-state index in [4.69, 9.17) is 15.5 Å². The van der Waals surface area contributed by atoms with Gasteiger partial charge in [-0.1, -0.05) is 80.1 Å². The number of hydrogen-bond donors (Lipinski definition) is 1. The van der Waals surface area contributed by atoms with Crippen molar-refractivity contribution in [3.8, 4) is 5.75 Å². The van der Waals surface area contributed by atoms with Crippen LogP contribution in [-0.4, -0.2) is 39.6 Å². The lowest BCUT2D eigenvalue weighted by Crippen LogP contribution is -2.43. The highest BCUT2D eigenvalue weighted by Gasteiger charge is 2.40. The van der Waals surface area contributed by atoms with E-state index in [9.17, 15) is 9.59 Å². The van der Waals surface area contributed by atoms with Gasteiger partial charge in [-0.05, 0) is 36.6 Å². The molecule has 1 aliphatic carbocycles. The van der Waals surface area contributed by atoms with Crippen LogP contribution < -0.4 is 16.0 Å². The average molecular weight is 511 g/mol. The molecule has 196 valence electrons. The Morgan fingerprint density at radius 1 is 1.08 bits per heavy atom. The molecule has 0 saturated heterocycles. The largest absolute Gasteiger partial charge is 0.478 e. The summed E-state index contributed by atoms with van der Waals surface area (Å²) in [4.78, 5) is 34.8. The normalized spacial score (nSPS) is 18.1. The minimum absolute atomic E-state index is 0.0390. The van der Waals surface area contributed by atoms with E-state index in [1.807, 2.05) is 99.7 Å². The maximum absolute atomic E-state index is 14.0. The number of fused-ring (bicyclic) bond motifs is 3. The molecule has 0 fully saturated rings. The van der Waals surface area contributed by atoms with Crippen molar-refractivity contribution in [2.24, 2.45) is 11.7 Å². The molecule has 0 spiro atoms. The molecule has 0 bridgehead atoms. The van der Waals surface area contributed by atoms with E-state index in [1.165, 1.54) is 0 Å². The van der Waals surface area contributed by atoms with Crippen LogP contribution in [0, 0.1) is 12.8 Å². The van der Waals surface area contributed by atoms with Gasteiger partial charge in [-0.2, -0.15) is 0 Å². The van der Waals surface area contributed by atoms with E-state index in [2.05, 4.69) is 0 Å². The van der Waals surface area contributed by atoms with Crippen LogP contribution in [0.25, 0.3) is 0 Å². The highest BCUT2D eigenvalue weighted by Crippen LogP contribution is 2.39. The minimum atomic E-state index is -0.476. The number of ether oxygens (including phenoxy) is 1. The van der Waals surface area contributed by atoms with Gasteiger partial charge in [0.15, 0.2) is 0 Å². The second kappa shape index (κ2) is 10.8. The maximum Gasteiger partial charge on any atom is 0.296 e. The number of benzene rings is 2. The van der Waals surface area contributed by atoms with Gasteiger partial charge in [-0.3, -0.25) is 14.2 Å². The van der Waals surface area contributed by atoms with Gasteiger partial charge in [0, 0.05) is 18.7 Å². The van der Waals surface area contributed by atoms with E-state index < -0.39 is 6.04 Å². The van der Waals surface area contributed by atoms with Crippen LogP contribution in [-0.2, 0) is 6.54 Å². The fraction of sp³-hybridized carbons (Fsp3) is 0.323. The molecule has 2 aromatic carbocycles. The molecule has 1 aliphatic heterocycles. The molecule has 3 atom stereocenters. The van der Waals surface area contributed by atoms with Crippen molar-refractivity contribution in [2.45, 2.75) is 45.4 Å². The summed E-state index contributed by atoms with van der Waals surface area (Å²) >= 11 is 0. The van der Waals surface area contributed by atoms with Crippen LogP contribution in [0.5, 0.6) is 5.75 Å². The van der Waals surface area contributed by atoms with Gasteiger partial charge >= 0.3 is 0 Å². The predicted molar refractivity (Wildman–Crippen MR) is 148 cm³/mol. The van der Waals surface area contributed by atoms with Gasteiger partial charge in [0.2, 0.25) is 5.75 Å². The molecule has 5 rings (SSSR count). The summed E-state index contributed by atoms with van der Waals surface area (Å²) in [6.07, 6.45) is 7.60. The molecule has 2 aliphatic rings. The lowest BCUT2D eigenvalue weighted by atomic mass is 9.95. The molecule has 3 aromatic rings. The van der Waals surface area contributed by atoms with Crippen LogP contribution in [0.1, 0.15) is 58.8 Å². The van der Waals surface area contributed by atoms with E-state index in [0.717, 1.165) is 11.1 Å². The Morgan fingerprint density at radius 3 is 2.47 bits per heavy atom. The number of amides is 1. The zero-order valence-corrected chi connectivity index (χ0v) is 22.1. The van der Waals surface area contributed by atoms with Crippen molar-refractivity contribution < 1.29 is 9.53 Å². The summed E-state index contributed by atoms with van der Waals surface area (Å²) in [5.41, 5.74) is 9.05. The van der Waals surface area contributed by atoms with Gasteiger partial charge in [0.05, 0.1) is 18.5 Å². The van der Waals surface area contributed by atoms with Gasteiger partial charge < -0.3 is 15.4 Å². The van der Waals surface area contributed by atoms with Crippen LogP contribution in [0.4, 0.5) is 0 Å². The highest BCUT2D eigenvalue weighted by atomic mass is 16.5. The molecule has 0 saturated carbocycles. The van der Waals surface area contributed by atoms with E-state index >= 15 is 0 Å². The molecule has 7 heteroatoms. The first-order valence-corrected chi connectivity index (χ1v) is 13.2. The number of aryl methyl sites for hydroxylation is 1. The number of carbonyl (C=O) groups is 1. The molecule has 1 amide bonds. The first kappa shape index (κ1) is 25.7. The predicted octanol–water partition coefficient (Wildman–Crippen LogP) is 4.37. The van der Waals surface area contributed by atoms with Crippen molar-refractivity contribution >= 4 is 5.91 Å². The van der Waals surface area contributed by atoms with Crippen LogP contribution in [0.3, 0.4) is 0 Å². The van der Waals surface area contributed by atoms with Crippen molar-refractivity contribution in [2.75, 3.05) is 13.1 Å². The topological polar surface area (TPSA) is 90.5 Å². The number of hydrogen-bond acceptors (Lipinski definition) is 5. The summed E-state index contributed by atoms with van der Waals surface area (Å²) in [6, 6.07) is 16.9. The van der Waals surface area contributed by atoms with Gasteiger partial charge in [-0.15, -0.1) is 0 Å². The fourth-order valence-corrected chi connectivity index (χ4v) is 5.30. The van der Waals surface area contributed by atoms with Gasteiger partial charge in [-0.25, -0.2) is 4.98 Å². The summed E-state index contributed by atoms with van der Waals surface area (Å²) in [7, 11) is 0. The van der Waals surface area contributed by atoms with Crippen molar-refractivity contribution in [1.29, 1.82) is 0 Å². The Morgan fingerprint density at radius 2 is 1.79 bits per heavy atom. The molecular weight excluding hydrogens is 476 g/mol. The Hall–Kier alpha value is -3.97. The Balaban J connectivity index is 1.68. The first-order chi connectivity index (χ1) is 18.4. The lowest BCUT2D eigenvalue weighted by molar-refractivity contribution is 0.0611. The van der Waals surface area contributed by atoms with E-state index in [-0.39, 0.29) is 41.7 Å². The van der Waals surface area contributed by atoms with Crippen molar-refractivity contribution in [3.05, 3.63) is 117 Å². The van der Waals surface area contributed by atoms with Crippen molar-refractivity contribution in [3.63, 3.8) is 0 Å². The first-order valence-electron chi connectivity index (χ1n) is 13.2. The maximum atomic E-state index is 14.0. The molecule has 2 N–H and O–H groups in total. The minimum Gasteiger partial charge on any atom is -0.478 e. The summed E-state index contributed by atoms with van der Waals surface area (Å²) in [5.74, 6) is 0.520. The standard InChI is InChI=1S/C31H34N4O3/c1-20(2)27(34(18-17-32)30(36)23-15-13-21(3)14-16-23)29-33-26-24-11-7-8-12-25(24)38-28(26)31(37)35(29)19-22-9-5-4-6-10-22/h4-16,20,24-25,27H,17-19,32H2,1-3H3. The fourth-order valence-electron chi connectivity index (χ4n) is 5.30. The van der Waals surface area contributed by atoms with E-state index in [1.54, 1.807) is 9.47 Å². The zero-order chi connectivity index (χ0) is 26.8. The summed E-state index contributed by atoms with van der Waals surface area (Å²) in [6.45, 7) is 7.02. The number of carbonyl (C=O) groups excluding carboxylic acids is 1. The number of nitrogens with two attached hydrogens (primary N) is 1. The molecule has 3 unspecified atom stereocenters. The summed E-state index contributed by atoms with van der Waals surface area (Å²) in [5, 5.41) is 0. The van der Waals surface area contributed by atoms with Gasteiger partial charge in [0.25, 0.3) is 11.5 Å². The quantitative estimate of drug-likeness (QED) is 0.486. The van der Waals surface area contributed by atoms with Crippen molar-refractivity contribution in [1.82, 2.24) is 14.5 Å². The second-order valence-electron chi connectivity index (χ2n) is 10.3. The van der Waals surface area contributed by atoms with Crippen LogP contribution in [0.15, 0.2) is 83.7 Å². The van der Waals surface area contributed by atoms with Crippen LogP contribution in [0.2, 0.25) is 0 Å². The number of nitrogens with zero attached hydrogens (tertiary/aromatic N) is 3. The smallest absolute Gasteiger partial charge is 0.296 e. The third-order valence-electron chi connectivity index (χ3n) is 7.18. The molecule has 1 aromatic heterocycles. The molecule has 2 heterocycles. The SMILES string of the molecule is Cc1ccc(C(=O)N(CCN)C(c2nc3c(c(=O)n2Cc2ccccc2)OC2C=CC=CC32)C(C)C)cc1. The Labute approximate surface area is 223 Å². The highest BCUT2D eigenvalue weighted by molar-refractivity contribution is 5.94. The van der Waals surface area contributed by atoms with E-state index in [0.29, 0.717) is 30.2 Å². The Bertz CT molecular complexity index is 1420. The molecule has 0 radical (unpaired) electrons. The van der Waals surface area contributed by atoms with Gasteiger partial charge in [0.1, 0.15) is 17.6 Å². The molecule has 7 nitrogen and oxygen atoms in total. The average Bonchev–Trinajstić information content (AvgIpc) is 3.30. The third kappa shape index (κ3) is 4.82. The molecule has 38 heavy (non-hydrogen) atoms. The number of rotatable bonds is 8. The molecular formula is C31H34N4O3. The lowest BCUT2D eigenvalue weighted by Gasteiger charge is -2.35. The summed E-state index contributed by atoms with van der Waals surface area (Å²) < 4.78 is 7.79. The number of aromatic nitrogens is 2. The third-order valence-corrected chi connectivity index (χ3v) is 7.18. The zero-order valence-electron chi connectivity index (χ0n) is 22.1. The Kier molecular flexibility index (Phi) is 7.29. The second-order valence-corrected chi connectivity index (χ2v) is 10.3. The monoisotopic (exact) mass is 510 g/mol.